The molecule has 0 aliphatic carbocycles. The molecule has 17 heavy (non-hydrogen) atoms. The molecule has 2 aromatic rings. The molecule has 0 saturated carbocycles. The van der Waals surface area contributed by atoms with E-state index in [2.05, 4.69) is 4.98 Å². The van der Waals surface area contributed by atoms with Gasteiger partial charge in [-0.05, 0) is 19.1 Å². The summed E-state index contributed by atoms with van der Waals surface area (Å²) in [6.45, 7) is 1.77. The number of aliphatic hydroxyl groups excluding tert-OH is 1. The molecule has 6 nitrogen and oxygen atoms in total. The van der Waals surface area contributed by atoms with Gasteiger partial charge in [0.1, 0.15) is 5.82 Å². The van der Waals surface area contributed by atoms with Crippen LogP contribution in [0.1, 0.15) is 17.6 Å². The van der Waals surface area contributed by atoms with Gasteiger partial charge in [-0.25, -0.2) is 4.98 Å². The maximum absolute atomic E-state index is 10.5. The Kier molecular flexibility index (Phi) is 2.88. The molecule has 2 rings (SSSR count). The Hall–Kier alpha value is -2.21. The molecule has 0 amide bonds. The molecule has 1 aromatic heterocycles. The number of nitro benzene ring substituents is 1. The monoisotopic (exact) mass is 233 g/mol. The minimum atomic E-state index is -0.877. The van der Waals surface area contributed by atoms with Crippen molar-refractivity contribution in [1.82, 2.24) is 9.55 Å². The Bertz CT molecular complexity index is 533. The zero-order valence-electron chi connectivity index (χ0n) is 9.15. The molecule has 0 fully saturated rings. The second-order valence-corrected chi connectivity index (χ2v) is 3.60. The van der Waals surface area contributed by atoms with Crippen LogP contribution in [-0.2, 0) is 0 Å². The van der Waals surface area contributed by atoms with Crippen molar-refractivity contribution < 1.29 is 10.0 Å². The Balaban J connectivity index is 2.29. The summed E-state index contributed by atoms with van der Waals surface area (Å²) in [6.07, 6.45) is 2.36. The first-order valence-electron chi connectivity index (χ1n) is 5.01. The number of rotatable bonds is 3. The van der Waals surface area contributed by atoms with Gasteiger partial charge in [-0.1, -0.05) is 0 Å². The van der Waals surface area contributed by atoms with Crippen molar-refractivity contribution in [3.05, 3.63) is 58.2 Å². The number of hydrogen-bond donors (Lipinski definition) is 1. The van der Waals surface area contributed by atoms with Crippen LogP contribution in [0.4, 0.5) is 5.69 Å². The molecule has 1 N–H and O–H groups in total. The molecule has 0 bridgehead atoms. The van der Waals surface area contributed by atoms with E-state index in [1.807, 2.05) is 0 Å². The van der Waals surface area contributed by atoms with Crippen LogP contribution in [0.25, 0.3) is 0 Å². The normalized spacial score (nSPS) is 12.4. The lowest BCUT2D eigenvalue weighted by Crippen LogP contribution is -2.10. The number of nitro groups is 1. The molecule has 1 unspecified atom stereocenters. The average molecular weight is 233 g/mol. The van der Waals surface area contributed by atoms with E-state index in [0.717, 1.165) is 0 Å². The Morgan fingerprint density at radius 1 is 1.41 bits per heavy atom. The number of imidazole rings is 1. The number of aliphatic hydroxyl groups is 1. The number of benzene rings is 1. The number of non-ortho nitro benzene ring substituents is 1. The summed E-state index contributed by atoms with van der Waals surface area (Å²) in [5.41, 5.74) is 0.583. The summed E-state index contributed by atoms with van der Waals surface area (Å²) in [4.78, 5) is 14.0. The van der Waals surface area contributed by atoms with Gasteiger partial charge in [0, 0.05) is 30.1 Å². The van der Waals surface area contributed by atoms with Gasteiger partial charge in [-0.2, -0.15) is 0 Å². The van der Waals surface area contributed by atoms with Crippen LogP contribution in [-0.4, -0.2) is 19.6 Å². The average Bonchev–Trinajstić information content (AvgIpc) is 2.74. The fraction of sp³-hybridized carbons (Fsp3) is 0.182. The second-order valence-electron chi connectivity index (χ2n) is 3.60. The standard InChI is InChI=1S/C11H11N3O3/c1-8-12-6-7-13(8)11(15)9-2-4-10(5-3-9)14(16)17/h2-7,11,15H,1H3. The molecule has 0 aliphatic heterocycles. The van der Waals surface area contributed by atoms with Gasteiger partial charge < -0.3 is 9.67 Å². The smallest absolute Gasteiger partial charge is 0.269 e. The van der Waals surface area contributed by atoms with Crippen molar-refractivity contribution in [2.24, 2.45) is 0 Å². The molecule has 1 heterocycles. The fourth-order valence-corrected chi connectivity index (χ4v) is 1.57. The third kappa shape index (κ3) is 2.16. The van der Waals surface area contributed by atoms with Crippen LogP contribution >= 0.6 is 0 Å². The molecule has 0 saturated heterocycles. The topological polar surface area (TPSA) is 81.2 Å². The molecule has 1 atom stereocenters. The predicted molar refractivity (Wildman–Crippen MR) is 60.4 cm³/mol. The lowest BCUT2D eigenvalue weighted by Gasteiger charge is -2.13. The summed E-state index contributed by atoms with van der Waals surface area (Å²) in [5, 5.41) is 20.5. The first-order chi connectivity index (χ1) is 8.09. The summed E-state index contributed by atoms with van der Waals surface area (Å²) in [5.74, 6) is 0.677. The fourth-order valence-electron chi connectivity index (χ4n) is 1.57. The minimum Gasteiger partial charge on any atom is -0.369 e. The quantitative estimate of drug-likeness (QED) is 0.645. The van der Waals surface area contributed by atoms with E-state index in [-0.39, 0.29) is 5.69 Å². The number of nitrogens with zero attached hydrogens (tertiary/aromatic N) is 3. The SMILES string of the molecule is Cc1nccn1C(O)c1ccc([N+](=O)[O-])cc1. The number of aromatic nitrogens is 2. The maximum Gasteiger partial charge on any atom is 0.269 e. The number of hydrogen-bond acceptors (Lipinski definition) is 4. The largest absolute Gasteiger partial charge is 0.369 e. The van der Waals surface area contributed by atoms with E-state index in [1.54, 1.807) is 23.9 Å². The van der Waals surface area contributed by atoms with E-state index < -0.39 is 11.2 Å². The van der Waals surface area contributed by atoms with Crippen molar-refractivity contribution in [1.29, 1.82) is 0 Å². The predicted octanol–water partition coefficient (Wildman–Crippen LogP) is 1.64. The summed E-state index contributed by atoms with van der Waals surface area (Å²) in [6, 6.07) is 5.79. The van der Waals surface area contributed by atoms with Gasteiger partial charge in [0.2, 0.25) is 0 Å². The Morgan fingerprint density at radius 3 is 2.53 bits per heavy atom. The van der Waals surface area contributed by atoms with Gasteiger partial charge >= 0.3 is 0 Å². The minimum absolute atomic E-state index is 0.00306. The summed E-state index contributed by atoms with van der Waals surface area (Å²) in [7, 11) is 0. The molecule has 6 heteroatoms. The van der Waals surface area contributed by atoms with Crippen LogP contribution in [0, 0.1) is 17.0 Å². The first kappa shape index (κ1) is 11.3. The maximum atomic E-state index is 10.5. The lowest BCUT2D eigenvalue weighted by atomic mass is 10.2. The van der Waals surface area contributed by atoms with Crippen LogP contribution in [0.2, 0.25) is 0 Å². The van der Waals surface area contributed by atoms with E-state index in [1.165, 1.54) is 24.3 Å². The molecule has 0 spiro atoms. The second kappa shape index (κ2) is 4.34. The first-order valence-corrected chi connectivity index (χ1v) is 5.01. The summed E-state index contributed by atoms with van der Waals surface area (Å²) >= 11 is 0. The highest BCUT2D eigenvalue weighted by Crippen LogP contribution is 2.20. The zero-order valence-corrected chi connectivity index (χ0v) is 9.15. The molecule has 88 valence electrons. The Morgan fingerprint density at radius 2 is 2.06 bits per heavy atom. The highest BCUT2D eigenvalue weighted by atomic mass is 16.6. The van der Waals surface area contributed by atoms with Crippen LogP contribution < -0.4 is 0 Å². The lowest BCUT2D eigenvalue weighted by molar-refractivity contribution is -0.384. The van der Waals surface area contributed by atoms with Gasteiger partial charge in [0.15, 0.2) is 6.23 Å². The third-order valence-electron chi connectivity index (χ3n) is 2.53. The molecular weight excluding hydrogens is 222 g/mol. The van der Waals surface area contributed by atoms with E-state index in [0.29, 0.717) is 11.4 Å². The van der Waals surface area contributed by atoms with E-state index >= 15 is 0 Å². The third-order valence-corrected chi connectivity index (χ3v) is 2.53. The van der Waals surface area contributed by atoms with E-state index in [4.69, 9.17) is 0 Å². The molecule has 0 radical (unpaired) electrons. The van der Waals surface area contributed by atoms with Crippen molar-refractivity contribution in [2.75, 3.05) is 0 Å². The van der Waals surface area contributed by atoms with Gasteiger partial charge in [0.25, 0.3) is 5.69 Å². The highest BCUT2D eigenvalue weighted by Gasteiger charge is 2.13. The van der Waals surface area contributed by atoms with Crippen molar-refractivity contribution >= 4 is 5.69 Å². The summed E-state index contributed by atoms with van der Waals surface area (Å²) < 4.78 is 1.58. The molecule has 1 aromatic carbocycles. The van der Waals surface area contributed by atoms with Gasteiger partial charge in [0.05, 0.1) is 4.92 Å². The van der Waals surface area contributed by atoms with Crippen molar-refractivity contribution in [2.45, 2.75) is 13.2 Å². The number of aryl methyl sites for hydroxylation is 1. The zero-order chi connectivity index (χ0) is 12.4. The van der Waals surface area contributed by atoms with Crippen LogP contribution in [0.5, 0.6) is 0 Å². The van der Waals surface area contributed by atoms with Crippen molar-refractivity contribution in [3.8, 4) is 0 Å². The van der Waals surface area contributed by atoms with E-state index in [9.17, 15) is 15.2 Å². The van der Waals surface area contributed by atoms with Crippen LogP contribution in [0.15, 0.2) is 36.7 Å². The molecular formula is C11H11N3O3. The highest BCUT2D eigenvalue weighted by molar-refractivity contribution is 5.33. The van der Waals surface area contributed by atoms with Gasteiger partial charge in [-0.3, -0.25) is 10.1 Å². The van der Waals surface area contributed by atoms with Gasteiger partial charge in [-0.15, -0.1) is 0 Å². The van der Waals surface area contributed by atoms with Crippen molar-refractivity contribution in [3.63, 3.8) is 0 Å². The molecule has 0 aliphatic rings. The van der Waals surface area contributed by atoms with Crippen LogP contribution in [0.3, 0.4) is 0 Å². The Labute approximate surface area is 97.3 Å².